The summed E-state index contributed by atoms with van der Waals surface area (Å²) in [7, 11) is -3.88. The highest BCUT2D eigenvalue weighted by atomic mass is 32.2. The molecule has 0 amide bonds. The fraction of sp³-hybridized carbons (Fsp3) is 1.00. The maximum absolute atomic E-state index is 11.5. The topological polar surface area (TPSA) is 74.6 Å². The molecule has 0 aliphatic rings. The SMILES string of the molecule is CCCCCC(CCCCCCCCCCCCCCCCO)S(=O)(=O)O. The van der Waals surface area contributed by atoms with Crippen LogP contribution >= 0.6 is 0 Å². The highest BCUT2D eigenvalue weighted by Crippen LogP contribution is 2.19. The summed E-state index contributed by atoms with van der Waals surface area (Å²) in [6.07, 6.45) is 21.3. The molecule has 0 rings (SSSR count). The van der Waals surface area contributed by atoms with E-state index in [0.29, 0.717) is 19.4 Å². The van der Waals surface area contributed by atoms with Crippen molar-refractivity contribution in [2.75, 3.05) is 6.61 Å². The maximum atomic E-state index is 11.5. The Morgan fingerprint density at radius 1 is 0.593 bits per heavy atom. The van der Waals surface area contributed by atoms with Gasteiger partial charge >= 0.3 is 0 Å². The van der Waals surface area contributed by atoms with E-state index in [1.54, 1.807) is 0 Å². The lowest BCUT2D eigenvalue weighted by Gasteiger charge is -2.13. The molecular weight excluding hydrogens is 360 g/mol. The Hall–Kier alpha value is -0.130. The van der Waals surface area contributed by atoms with Gasteiger partial charge in [-0.05, 0) is 19.3 Å². The average molecular weight is 407 g/mol. The maximum Gasteiger partial charge on any atom is 0.267 e. The lowest BCUT2D eigenvalue weighted by Crippen LogP contribution is -2.20. The molecule has 0 saturated heterocycles. The minimum absolute atomic E-state index is 0.333. The van der Waals surface area contributed by atoms with Crippen LogP contribution in [0.4, 0.5) is 0 Å². The van der Waals surface area contributed by atoms with Crippen LogP contribution in [0.1, 0.15) is 129 Å². The second-order valence-corrected chi connectivity index (χ2v) is 9.79. The number of aliphatic hydroxyl groups is 1. The van der Waals surface area contributed by atoms with E-state index < -0.39 is 15.4 Å². The van der Waals surface area contributed by atoms with Crippen molar-refractivity contribution in [3.63, 3.8) is 0 Å². The standard InChI is InChI=1S/C22H46O4S/c1-2-3-16-19-22(27(24,25)26)20-17-14-12-10-8-6-4-5-7-9-11-13-15-18-21-23/h22-23H,2-21H2,1H3,(H,24,25,26). The van der Waals surface area contributed by atoms with Crippen LogP contribution in [-0.4, -0.2) is 29.9 Å². The third kappa shape index (κ3) is 19.0. The molecule has 164 valence electrons. The summed E-state index contributed by atoms with van der Waals surface area (Å²) in [6, 6.07) is 0. The van der Waals surface area contributed by atoms with Crippen LogP contribution in [0.3, 0.4) is 0 Å². The van der Waals surface area contributed by atoms with E-state index in [9.17, 15) is 13.0 Å². The van der Waals surface area contributed by atoms with Crippen LogP contribution in [0.5, 0.6) is 0 Å². The fourth-order valence-electron chi connectivity index (χ4n) is 3.67. The van der Waals surface area contributed by atoms with Crippen LogP contribution in [0.2, 0.25) is 0 Å². The van der Waals surface area contributed by atoms with Crippen LogP contribution in [-0.2, 0) is 10.1 Å². The number of aliphatic hydroxyl groups excluding tert-OH is 1. The molecule has 0 aromatic rings. The molecule has 0 aromatic heterocycles. The highest BCUT2D eigenvalue weighted by Gasteiger charge is 2.21. The Bertz CT molecular complexity index is 395. The van der Waals surface area contributed by atoms with Crippen molar-refractivity contribution >= 4 is 10.1 Å². The summed E-state index contributed by atoms with van der Waals surface area (Å²) in [5.41, 5.74) is 0. The predicted molar refractivity (Wildman–Crippen MR) is 116 cm³/mol. The van der Waals surface area contributed by atoms with Crippen molar-refractivity contribution < 1.29 is 18.1 Å². The van der Waals surface area contributed by atoms with Gasteiger partial charge < -0.3 is 5.11 Å². The molecule has 1 unspecified atom stereocenters. The van der Waals surface area contributed by atoms with Gasteiger partial charge in [0.1, 0.15) is 0 Å². The van der Waals surface area contributed by atoms with Crippen molar-refractivity contribution in [3.8, 4) is 0 Å². The highest BCUT2D eigenvalue weighted by molar-refractivity contribution is 7.86. The van der Waals surface area contributed by atoms with Crippen molar-refractivity contribution in [2.45, 2.75) is 134 Å². The molecule has 0 aromatic carbocycles. The summed E-state index contributed by atoms with van der Waals surface area (Å²) < 4.78 is 32.3. The van der Waals surface area contributed by atoms with E-state index in [0.717, 1.165) is 38.5 Å². The molecule has 0 aliphatic carbocycles. The van der Waals surface area contributed by atoms with Gasteiger partial charge in [0, 0.05) is 6.61 Å². The number of unbranched alkanes of at least 4 members (excludes halogenated alkanes) is 15. The smallest absolute Gasteiger partial charge is 0.267 e. The fourth-order valence-corrected chi connectivity index (χ4v) is 4.60. The average Bonchev–Trinajstić information content (AvgIpc) is 2.62. The lowest BCUT2D eigenvalue weighted by molar-refractivity contribution is 0.282. The Balaban J connectivity index is 3.42. The summed E-state index contributed by atoms with van der Waals surface area (Å²) in [4.78, 5) is 0. The second-order valence-electron chi connectivity index (χ2n) is 8.09. The van der Waals surface area contributed by atoms with Gasteiger partial charge in [-0.3, -0.25) is 4.55 Å². The van der Waals surface area contributed by atoms with Crippen LogP contribution < -0.4 is 0 Å². The van der Waals surface area contributed by atoms with Gasteiger partial charge in [-0.15, -0.1) is 0 Å². The zero-order chi connectivity index (χ0) is 20.2. The van der Waals surface area contributed by atoms with Crippen molar-refractivity contribution in [3.05, 3.63) is 0 Å². The third-order valence-electron chi connectivity index (χ3n) is 5.49. The van der Waals surface area contributed by atoms with Gasteiger partial charge in [0.15, 0.2) is 0 Å². The molecule has 0 saturated carbocycles. The van der Waals surface area contributed by atoms with Gasteiger partial charge in [0.05, 0.1) is 5.25 Å². The minimum atomic E-state index is -3.88. The van der Waals surface area contributed by atoms with Gasteiger partial charge in [0.2, 0.25) is 0 Å². The summed E-state index contributed by atoms with van der Waals surface area (Å²) in [5, 5.41) is 8.17. The Kier molecular flexibility index (Phi) is 19.1. The minimum Gasteiger partial charge on any atom is -0.396 e. The molecule has 0 fully saturated rings. The van der Waals surface area contributed by atoms with Crippen LogP contribution in [0.25, 0.3) is 0 Å². The molecular formula is C22H46O4S. The number of rotatable bonds is 21. The van der Waals surface area contributed by atoms with E-state index in [1.807, 2.05) is 0 Å². The van der Waals surface area contributed by atoms with E-state index >= 15 is 0 Å². The molecule has 1 atom stereocenters. The van der Waals surface area contributed by atoms with Gasteiger partial charge in [-0.2, -0.15) is 8.42 Å². The molecule has 5 heteroatoms. The lowest BCUT2D eigenvalue weighted by atomic mass is 10.0. The Morgan fingerprint density at radius 3 is 1.26 bits per heavy atom. The first-order valence-electron chi connectivity index (χ1n) is 11.6. The van der Waals surface area contributed by atoms with Crippen LogP contribution in [0.15, 0.2) is 0 Å². The monoisotopic (exact) mass is 406 g/mol. The summed E-state index contributed by atoms with van der Waals surface area (Å²) in [5.74, 6) is 0. The molecule has 0 aliphatic heterocycles. The van der Waals surface area contributed by atoms with Crippen LogP contribution in [0, 0.1) is 0 Å². The predicted octanol–water partition coefficient (Wildman–Crippen LogP) is 6.67. The second kappa shape index (κ2) is 19.2. The van der Waals surface area contributed by atoms with E-state index in [2.05, 4.69) is 6.92 Å². The molecule has 0 spiro atoms. The first kappa shape index (κ1) is 26.9. The molecule has 0 radical (unpaired) electrons. The van der Waals surface area contributed by atoms with Crippen molar-refractivity contribution in [1.29, 1.82) is 0 Å². The molecule has 0 heterocycles. The van der Waals surface area contributed by atoms with Crippen molar-refractivity contribution in [2.24, 2.45) is 0 Å². The molecule has 4 nitrogen and oxygen atoms in total. The zero-order valence-corrected chi connectivity index (χ0v) is 18.7. The normalized spacial score (nSPS) is 13.1. The van der Waals surface area contributed by atoms with E-state index in [-0.39, 0.29) is 0 Å². The Labute approximate surface area is 169 Å². The van der Waals surface area contributed by atoms with Crippen molar-refractivity contribution in [1.82, 2.24) is 0 Å². The quantitative estimate of drug-likeness (QED) is 0.165. The van der Waals surface area contributed by atoms with E-state index in [4.69, 9.17) is 5.11 Å². The van der Waals surface area contributed by atoms with Gasteiger partial charge in [-0.1, -0.05) is 110 Å². The van der Waals surface area contributed by atoms with Gasteiger partial charge in [-0.25, -0.2) is 0 Å². The first-order valence-corrected chi connectivity index (χ1v) is 13.1. The third-order valence-corrected chi connectivity index (χ3v) is 6.80. The molecule has 27 heavy (non-hydrogen) atoms. The van der Waals surface area contributed by atoms with E-state index in [1.165, 1.54) is 70.6 Å². The Morgan fingerprint density at radius 2 is 0.926 bits per heavy atom. The largest absolute Gasteiger partial charge is 0.396 e. The molecule has 0 bridgehead atoms. The molecule has 2 N–H and O–H groups in total. The number of hydrogen-bond acceptors (Lipinski definition) is 3. The van der Waals surface area contributed by atoms with Gasteiger partial charge in [0.25, 0.3) is 10.1 Å². The summed E-state index contributed by atoms with van der Waals surface area (Å²) in [6.45, 7) is 2.43. The zero-order valence-electron chi connectivity index (χ0n) is 17.8. The number of hydrogen-bond donors (Lipinski definition) is 2. The first-order chi connectivity index (χ1) is 13.0. The summed E-state index contributed by atoms with van der Waals surface area (Å²) >= 11 is 0.